The lowest BCUT2D eigenvalue weighted by molar-refractivity contribution is 0.223. The molecule has 28 heavy (non-hydrogen) atoms. The van der Waals surface area contributed by atoms with Gasteiger partial charge in [0.1, 0.15) is 22.2 Å². The Morgan fingerprint density at radius 1 is 1.04 bits per heavy atom. The van der Waals surface area contributed by atoms with Crippen LogP contribution in [0.2, 0.25) is 0 Å². The summed E-state index contributed by atoms with van der Waals surface area (Å²) >= 11 is 0. The van der Waals surface area contributed by atoms with Gasteiger partial charge >= 0.3 is 6.03 Å². The smallest absolute Gasteiger partial charge is 0.331 e. The van der Waals surface area contributed by atoms with E-state index in [1.165, 1.54) is 32.4 Å². The number of hydrogen-bond donors (Lipinski definition) is 1. The first-order chi connectivity index (χ1) is 13.1. The molecule has 0 aliphatic rings. The Labute approximate surface area is 159 Å². The predicted molar refractivity (Wildman–Crippen MR) is 93.0 cm³/mol. The summed E-state index contributed by atoms with van der Waals surface area (Å²) < 4.78 is 76.8. The third kappa shape index (κ3) is 4.14. The molecule has 0 spiro atoms. The maximum atomic E-state index is 14.1. The molecule has 0 saturated heterocycles. The summed E-state index contributed by atoms with van der Waals surface area (Å²) in [6.45, 7) is -0.562. The normalized spacial score (nSPS) is 11.1. The summed E-state index contributed by atoms with van der Waals surface area (Å²) in [6, 6.07) is 3.58. The molecule has 11 heteroatoms. The third-order valence-electron chi connectivity index (χ3n) is 3.79. The predicted octanol–water partition coefficient (Wildman–Crippen LogP) is 2.65. The Morgan fingerprint density at radius 2 is 1.68 bits per heavy atom. The van der Waals surface area contributed by atoms with Crippen molar-refractivity contribution >= 4 is 16.1 Å². The van der Waals surface area contributed by atoms with Gasteiger partial charge in [-0.3, -0.25) is 0 Å². The standard InChI is InChI=1S/C17H17F3N2O5S/c1-21-17(23)22(9-10-4-5-11(26-2)6-15(10)27-3)28(24,25)16-8-13(19)12(18)7-14(16)20/h4-8H,9H2,1-3H3,(H,21,23). The minimum Gasteiger partial charge on any atom is -0.497 e. The first-order valence-corrected chi connectivity index (χ1v) is 9.19. The quantitative estimate of drug-likeness (QED) is 0.729. The summed E-state index contributed by atoms with van der Waals surface area (Å²) in [7, 11) is -0.960. The van der Waals surface area contributed by atoms with E-state index >= 15 is 0 Å². The second kappa shape index (κ2) is 8.38. The molecule has 152 valence electrons. The van der Waals surface area contributed by atoms with Gasteiger partial charge in [-0.25, -0.2) is 30.7 Å². The molecule has 0 aliphatic carbocycles. The molecular weight excluding hydrogens is 401 g/mol. The van der Waals surface area contributed by atoms with Gasteiger partial charge in [-0.1, -0.05) is 0 Å². The molecule has 2 amide bonds. The van der Waals surface area contributed by atoms with E-state index < -0.39 is 44.9 Å². The highest BCUT2D eigenvalue weighted by molar-refractivity contribution is 7.89. The Morgan fingerprint density at radius 3 is 2.25 bits per heavy atom. The Bertz CT molecular complexity index is 999. The van der Waals surface area contributed by atoms with Gasteiger partial charge in [-0.15, -0.1) is 0 Å². The van der Waals surface area contributed by atoms with Gasteiger partial charge < -0.3 is 14.8 Å². The van der Waals surface area contributed by atoms with Crippen molar-refractivity contribution in [1.29, 1.82) is 0 Å². The summed E-state index contributed by atoms with van der Waals surface area (Å²) in [4.78, 5) is 11.0. The van der Waals surface area contributed by atoms with Gasteiger partial charge in [0, 0.05) is 30.8 Å². The highest BCUT2D eigenvalue weighted by Crippen LogP contribution is 2.29. The molecule has 0 heterocycles. The molecule has 0 bridgehead atoms. The first kappa shape index (κ1) is 21.4. The lowest BCUT2D eigenvalue weighted by Crippen LogP contribution is -2.42. The van der Waals surface area contributed by atoms with E-state index in [1.807, 2.05) is 0 Å². The van der Waals surface area contributed by atoms with E-state index in [0.717, 1.165) is 7.05 Å². The number of carbonyl (C=O) groups excluding carboxylic acids is 1. The summed E-state index contributed by atoms with van der Waals surface area (Å²) in [6.07, 6.45) is 0. The van der Waals surface area contributed by atoms with E-state index in [-0.39, 0.29) is 27.8 Å². The van der Waals surface area contributed by atoms with Crippen molar-refractivity contribution in [3.05, 3.63) is 53.3 Å². The second-order valence-corrected chi connectivity index (χ2v) is 7.27. The van der Waals surface area contributed by atoms with Crippen LogP contribution in [0.4, 0.5) is 18.0 Å². The van der Waals surface area contributed by atoms with Crippen LogP contribution in [-0.4, -0.2) is 40.0 Å². The Hall–Kier alpha value is -2.95. The highest BCUT2D eigenvalue weighted by atomic mass is 32.2. The fraction of sp³-hybridized carbons (Fsp3) is 0.235. The van der Waals surface area contributed by atoms with Gasteiger partial charge in [-0.05, 0) is 12.1 Å². The van der Waals surface area contributed by atoms with Crippen LogP contribution in [0.25, 0.3) is 0 Å². The summed E-state index contributed by atoms with van der Waals surface area (Å²) in [5.74, 6) is -4.04. The summed E-state index contributed by atoms with van der Waals surface area (Å²) in [5.41, 5.74) is 0.249. The number of urea groups is 1. The number of nitrogens with zero attached hydrogens (tertiary/aromatic N) is 1. The van der Waals surface area contributed by atoms with Crippen molar-refractivity contribution in [3.8, 4) is 11.5 Å². The molecule has 2 aromatic carbocycles. The number of ether oxygens (including phenoxy) is 2. The number of sulfonamides is 1. The average Bonchev–Trinajstić information content (AvgIpc) is 2.67. The van der Waals surface area contributed by atoms with Gasteiger partial charge in [0.15, 0.2) is 11.6 Å². The molecule has 1 N–H and O–H groups in total. The van der Waals surface area contributed by atoms with Crippen LogP contribution in [0.1, 0.15) is 5.56 Å². The number of benzene rings is 2. The maximum Gasteiger partial charge on any atom is 0.331 e. The first-order valence-electron chi connectivity index (χ1n) is 7.75. The molecule has 0 aliphatic heterocycles. The number of nitrogens with one attached hydrogen (secondary N) is 1. The van der Waals surface area contributed by atoms with Gasteiger partial charge in [-0.2, -0.15) is 0 Å². The van der Waals surface area contributed by atoms with Gasteiger partial charge in [0.05, 0.1) is 20.8 Å². The number of carbonyl (C=O) groups is 1. The summed E-state index contributed by atoms with van der Waals surface area (Å²) in [5, 5.41) is 2.12. The van der Waals surface area contributed by atoms with Crippen LogP contribution < -0.4 is 14.8 Å². The largest absolute Gasteiger partial charge is 0.497 e. The lowest BCUT2D eigenvalue weighted by Gasteiger charge is -2.23. The molecule has 0 aromatic heterocycles. The van der Waals surface area contributed by atoms with Gasteiger partial charge in [0.25, 0.3) is 10.0 Å². The molecule has 2 aromatic rings. The number of hydrogen-bond acceptors (Lipinski definition) is 5. The van der Waals surface area contributed by atoms with Crippen molar-refractivity contribution in [3.63, 3.8) is 0 Å². The van der Waals surface area contributed by atoms with E-state index in [4.69, 9.17) is 9.47 Å². The van der Waals surface area contributed by atoms with Crippen LogP contribution in [-0.2, 0) is 16.6 Å². The zero-order valence-corrected chi connectivity index (χ0v) is 15.9. The SMILES string of the molecule is CNC(=O)N(Cc1ccc(OC)cc1OC)S(=O)(=O)c1cc(F)c(F)cc1F. The zero-order valence-electron chi connectivity index (χ0n) is 15.1. The zero-order chi connectivity index (χ0) is 21.1. The maximum absolute atomic E-state index is 14.1. The lowest BCUT2D eigenvalue weighted by atomic mass is 10.2. The van der Waals surface area contributed by atoms with E-state index in [1.54, 1.807) is 0 Å². The minimum absolute atomic E-state index is 0.0954. The van der Waals surface area contributed by atoms with Crippen LogP contribution >= 0.6 is 0 Å². The van der Waals surface area contributed by atoms with Crippen molar-refractivity contribution < 1.29 is 35.9 Å². The number of halogens is 3. The van der Waals surface area contributed by atoms with E-state index in [2.05, 4.69) is 5.32 Å². The third-order valence-corrected chi connectivity index (χ3v) is 5.54. The molecular formula is C17H17F3N2O5S. The van der Waals surface area contributed by atoms with Crippen molar-refractivity contribution in [2.24, 2.45) is 0 Å². The number of amides is 2. The molecule has 0 fully saturated rings. The van der Waals surface area contributed by atoms with Crippen LogP contribution in [0.3, 0.4) is 0 Å². The molecule has 0 radical (unpaired) electrons. The second-order valence-electron chi connectivity index (χ2n) is 5.44. The highest BCUT2D eigenvalue weighted by Gasteiger charge is 2.33. The monoisotopic (exact) mass is 418 g/mol. The van der Waals surface area contributed by atoms with Crippen LogP contribution in [0.15, 0.2) is 35.2 Å². The molecule has 2 rings (SSSR count). The van der Waals surface area contributed by atoms with E-state index in [0.29, 0.717) is 5.75 Å². The molecule has 0 atom stereocenters. The molecule has 0 saturated carbocycles. The van der Waals surface area contributed by atoms with Crippen molar-refractivity contribution in [2.45, 2.75) is 11.4 Å². The minimum atomic E-state index is -4.87. The fourth-order valence-electron chi connectivity index (χ4n) is 2.35. The Balaban J connectivity index is 2.56. The average molecular weight is 418 g/mol. The Kier molecular flexibility index (Phi) is 6.39. The number of methoxy groups -OCH3 is 2. The van der Waals surface area contributed by atoms with Crippen LogP contribution in [0.5, 0.6) is 11.5 Å². The molecule has 0 unspecified atom stereocenters. The molecule has 7 nitrogen and oxygen atoms in total. The van der Waals surface area contributed by atoms with Crippen molar-refractivity contribution in [2.75, 3.05) is 21.3 Å². The van der Waals surface area contributed by atoms with E-state index in [9.17, 15) is 26.4 Å². The van der Waals surface area contributed by atoms with Crippen LogP contribution in [0, 0.1) is 17.5 Å². The van der Waals surface area contributed by atoms with Gasteiger partial charge in [0.2, 0.25) is 0 Å². The van der Waals surface area contributed by atoms with Crippen molar-refractivity contribution in [1.82, 2.24) is 9.62 Å². The topological polar surface area (TPSA) is 84.9 Å². The number of rotatable bonds is 6. The fourth-order valence-corrected chi connectivity index (χ4v) is 3.76.